The molecule has 0 unspecified atom stereocenters. The molecule has 1 aromatic carbocycles. The quantitative estimate of drug-likeness (QED) is 0.629. The molecule has 0 aliphatic carbocycles. The lowest BCUT2D eigenvalue weighted by molar-refractivity contribution is -0.114. The fourth-order valence-corrected chi connectivity index (χ4v) is 3.65. The minimum Gasteiger partial charge on any atom is -0.339 e. The molecule has 3 heterocycles. The molecule has 1 fully saturated rings. The first-order valence-corrected chi connectivity index (χ1v) is 10.3. The zero-order valence-electron chi connectivity index (χ0n) is 16.8. The Kier molecular flexibility index (Phi) is 6.13. The number of anilines is 2. The van der Waals surface area contributed by atoms with E-state index in [1.165, 1.54) is 6.92 Å². The number of carbonyl (C=O) groups is 2. The van der Waals surface area contributed by atoms with Crippen molar-refractivity contribution in [2.45, 2.75) is 25.7 Å². The number of halogens is 1. The Bertz CT molecular complexity index is 1080. The highest BCUT2D eigenvalue weighted by Gasteiger charge is 2.28. The minimum absolute atomic E-state index is 0.0922. The number of amides is 3. The molecule has 0 radical (unpaired) electrons. The number of hydrogen-bond donors (Lipinski definition) is 2. The summed E-state index contributed by atoms with van der Waals surface area (Å²) in [7, 11) is 0. The normalized spacial score (nSPS) is 14.3. The molecule has 0 atom stereocenters. The molecule has 3 aromatic rings. The summed E-state index contributed by atoms with van der Waals surface area (Å²) < 4.78 is 5.44. The summed E-state index contributed by atoms with van der Waals surface area (Å²) in [5.41, 5.74) is 1.72. The molecule has 4 rings (SSSR count). The zero-order chi connectivity index (χ0) is 21.8. The van der Waals surface area contributed by atoms with E-state index in [1.807, 2.05) is 18.2 Å². The first kappa shape index (κ1) is 20.8. The maximum absolute atomic E-state index is 12.6. The van der Waals surface area contributed by atoms with Crippen LogP contribution in [0.5, 0.6) is 0 Å². The monoisotopic (exact) mass is 440 g/mol. The predicted octanol–water partition coefficient (Wildman–Crippen LogP) is 4.15. The first-order chi connectivity index (χ1) is 15.0. The van der Waals surface area contributed by atoms with Gasteiger partial charge in [0.15, 0.2) is 0 Å². The Balaban J connectivity index is 1.33. The van der Waals surface area contributed by atoms with Crippen LogP contribution in [0.25, 0.3) is 11.5 Å². The third-order valence-electron chi connectivity index (χ3n) is 5.00. The number of benzene rings is 1. The van der Waals surface area contributed by atoms with Crippen molar-refractivity contribution in [2.75, 3.05) is 23.7 Å². The van der Waals surface area contributed by atoms with Gasteiger partial charge in [-0.1, -0.05) is 22.8 Å². The number of pyridine rings is 1. The topological polar surface area (TPSA) is 113 Å². The van der Waals surface area contributed by atoms with Crippen molar-refractivity contribution in [3.63, 3.8) is 0 Å². The van der Waals surface area contributed by atoms with Gasteiger partial charge in [-0.05, 0) is 43.2 Å². The summed E-state index contributed by atoms with van der Waals surface area (Å²) in [6.45, 7) is 2.53. The second-order valence-corrected chi connectivity index (χ2v) is 7.65. The average Bonchev–Trinajstić information content (AvgIpc) is 3.26. The molecular formula is C21H21ClN6O3. The van der Waals surface area contributed by atoms with Crippen LogP contribution in [-0.4, -0.2) is 45.1 Å². The summed E-state index contributed by atoms with van der Waals surface area (Å²) in [6.07, 6.45) is 3.11. The third-order valence-corrected chi connectivity index (χ3v) is 5.31. The van der Waals surface area contributed by atoms with Gasteiger partial charge in [0, 0.05) is 37.8 Å². The Hall–Kier alpha value is -3.46. The molecule has 3 amide bonds. The van der Waals surface area contributed by atoms with Crippen LogP contribution in [0.2, 0.25) is 5.02 Å². The van der Waals surface area contributed by atoms with Crippen LogP contribution in [0.15, 0.2) is 47.1 Å². The number of aromatic nitrogens is 3. The summed E-state index contributed by atoms with van der Waals surface area (Å²) in [5.74, 6) is 0.934. The molecular weight excluding hydrogens is 420 g/mol. The van der Waals surface area contributed by atoms with E-state index in [1.54, 1.807) is 29.3 Å². The van der Waals surface area contributed by atoms with Crippen molar-refractivity contribution in [2.24, 2.45) is 0 Å². The van der Waals surface area contributed by atoms with Gasteiger partial charge in [0.2, 0.25) is 17.6 Å². The third kappa shape index (κ3) is 5.00. The van der Waals surface area contributed by atoms with E-state index in [0.717, 1.165) is 0 Å². The maximum Gasteiger partial charge on any atom is 0.321 e. The van der Waals surface area contributed by atoms with Gasteiger partial charge in [-0.2, -0.15) is 4.98 Å². The average molecular weight is 441 g/mol. The van der Waals surface area contributed by atoms with Gasteiger partial charge in [0.25, 0.3) is 0 Å². The smallest absolute Gasteiger partial charge is 0.321 e. The second kappa shape index (κ2) is 9.13. The number of hydrogen-bond acceptors (Lipinski definition) is 6. The van der Waals surface area contributed by atoms with Crippen molar-refractivity contribution in [1.29, 1.82) is 0 Å². The highest BCUT2D eigenvalue weighted by molar-refractivity contribution is 6.34. The highest BCUT2D eigenvalue weighted by atomic mass is 35.5. The number of piperidine rings is 1. The summed E-state index contributed by atoms with van der Waals surface area (Å²) in [5, 5.41) is 9.85. The summed E-state index contributed by atoms with van der Waals surface area (Å²) >= 11 is 6.23. The maximum atomic E-state index is 12.6. The van der Waals surface area contributed by atoms with Gasteiger partial charge in [-0.15, -0.1) is 0 Å². The molecule has 1 aliphatic rings. The van der Waals surface area contributed by atoms with Gasteiger partial charge in [-0.25, -0.2) is 4.79 Å². The predicted molar refractivity (Wildman–Crippen MR) is 116 cm³/mol. The lowest BCUT2D eigenvalue weighted by atomic mass is 9.97. The van der Waals surface area contributed by atoms with Crippen molar-refractivity contribution >= 4 is 34.9 Å². The minimum atomic E-state index is -0.229. The number of likely N-dealkylation sites (tertiary alicyclic amines) is 1. The van der Waals surface area contributed by atoms with Crippen LogP contribution in [0.1, 0.15) is 31.6 Å². The number of rotatable bonds is 4. The fourth-order valence-electron chi connectivity index (χ4n) is 3.42. The van der Waals surface area contributed by atoms with Gasteiger partial charge in [-0.3, -0.25) is 9.78 Å². The van der Waals surface area contributed by atoms with E-state index in [-0.39, 0.29) is 17.9 Å². The fraction of sp³-hybridized carbons (Fsp3) is 0.286. The van der Waals surface area contributed by atoms with Crippen molar-refractivity contribution < 1.29 is 14.1 Å². The Labute approximate surface area is 183 Å². The molecule has 2 aromatic heterocycles. The van der Waals surface area contributed by atoms with E-state index < -0.39 is 0 Å². The molecule has 0 saturated carbocycles. The lowest BCUT2D eigenvalue weighted by Crippen LogP contribution is -2.40. The molecule has 1 saturated heterocycles. The Morgan fingerprint density at radius 3 is 2.65 bits per heavy atom. The van der Waals surface area contributed by atoms with E-state index in [0.29, 0.717) is 59.7 Å². The Morgan fingerprint density at radius 2 is 1.97 bits per heavy atom. The van der Waals surface area contributed by atoms with Gasteiger partial charge < -0.3 is 20.1 Å². The van der Waals surface area contributed by atoms with Crippen LogP contribution >= 0.6 is 11.6 Å². The number of nitrogens with one attached hydrogen (secondary N) is 2. The SMILES string of the molecule is CC(=O)Nc1ccc(NC(=O)N2CCC(c3nc(-c4ccccn4)no3)CC2)c(Cl)c1. The van der Waals surface area contributed by atoms with E-state index >= 15 is 0 Å². The molecule has 2 N–H and O–H groups in total. The van der Waals surface area contributed by atoms with Crippen LogP contribution in [-0.2, 0) is 4.79 Å². The second-order valence-electron chi connectivity index (χ2n) is 7.24. The van der Waals surface area contributed by atoms with Crippen molar-refractivity contribution in [3.8, 4) is 11.5 Å². The largest absolute Gasteiger partial charge is 0.339 e. The van der Waals surface area contributed by atoms with E-state index in [4.69, 9.17) is 16.1 Å². The highest BCUT2D eigenvalue weighted by Crippen LogP contribution is 2.30. The van der Waals surface area contributed by atoms with Crippen LogP contribution in [0.4, 0.5) is 16.2 Å². The summed E-state index contributed by atoms with van der Waals surface area (Å²) in [6, 6.07) is 10.2. The molecule has 0 bridgehead atoms. The standard InChI is InChI=1S/C21H21ClN6O3/c1-13(29)24-15-5-6-17(16(22)12-15)25-21(30)28-10-7-14(8-11-28)20-26-19(27-31-20)18-4-2-3-9-23-18/h2-6,9,12,14H,7-8,10-11H2,1H3,(H,24,29)(H,25,30). The summed E-state index contributed by atoms with van der Waals surface area (Å²) in [4.78, 5) is 34.2. The Morgan fingerprint density at radius 1 is 1.16 bits per heavy atom. The number of carbonyl (C=O) groups excluding carboxylic acids is 2. The first-order valence-electron chi connectivity index (χ1n) is 9.87. The van der Waals surface area contributed by atoms with Crippen LogP contribution in [0.3, 0.4) is 0 Å². The van der Waals surface area contributed by atoms with E-state index in [2.05, 4.69) is 25.8 Å². The van der Waals surface area contributed by atoms with Gasteiger partial charge >= 0.3 is 6.03 Å². The number of nitrogens with zero attached hydrogens (tertiary/aromatic N) is 4. The van der Waals surface area contributed by atoms with Crippen LogP contribution in [0, 0.1) is 0 Å². The van der Waals surface area contributed by atoms with Crippen LogP contribution < -0.4 is 10.6 Å². The molecule has 9 nitrogen and oxygen atoms in total. The van der Waals surface area contributed by atoms with Gasteiger partial charge in [0.05, 0.1) is 10.7 Å². The van der Waals surface area contributed by atoms with Crippen molar-refractivity contribution in [3.05, 3.63) is 53.5 Å². The van der Waals surface area contributed by atoms with E-state index in [9.17, 15) is 9.59 Å². The lowest BCUT2D eigenvalue weighted by Gasteiger charge is -2.30. The molecule has 160 valence electrons. The zero-order valence-corrected chi connectivity index (χ0v) is 17.6. The van der Waals surface area contributed by atoms with Crippen molar-refractivity contribution in [1.82, 2.24) is 20.0 Å². The number of urea groups is 1. The molecule has 0 spiro atoms. The molecule has 1 aliphatic heterocycles. The molecule has 31 heavy (non-hydrogen) atoms. The van der Waals surface area contributed by atoms with Gasteiger partial charge in [0.1, 0.15) is 5.69 Å². The molecule has 10 heteroatoms.